The fourth-order valence-corrected chi connectivity index (χ4v) is 6.41. The van der Waals surface area contributed by atoms with E-state index in [2.05, 4.69) is 21.2 Å². The van der Waals surface area contributed by atoms with E-state index in [0.29, 0.717) is 0 Å². The molecular formula is C34H35BrFN3O4S. The molecule has 0 bridgehead atoms. The van der Waals surface area contributed by atoms with E-state index in [9.17, 15) is 18.0 Å². The zero-order valence-electron chi connectivity index (χ0n) is 24.8. The van der Waals surface area contributed by atoms with Gasteiger partial charge in [-0.15, -0.1) is 0 Å². The molecule has 4 rings (SSSR count). The van der Waals surface area contributed by atoms with Crippen molar-refractivity contribution in [3.63, 3.8) is 0 Å². The zero-order valence-corrected chi connectivity index (χ0v) is 27.2. The van der Waals surface area contributed by atoms with Gasteiger partial charge in [0.15, 0.2) is 0 Å². The van der Waals surface area contributed by atoms with Gasteiger partial charge in [-0.25, -0.2) is 12.8 Å². The second-order valence-electron chi connectivity index (χ2n) is 10.8. The monoisotopic (exact) mass is 679 g/mol. The van der Waals surface area contributed by atoms with Crippen LogP contribution in [0, 0.1) is 12.7 Å². The van der Waals surface area contributed by atoms with Crippen LogP contribution in [0.3, 0.4) is 0 Å². The van der Waals surface area contributed by atoms with Crippen LogP contribution in [0.25, 0.3) is 0 Å². The number of sulfonamides is 1. The molecule has 0 aliphatic rings. The van der Waals surface area contributed by atoms with Crippen molar-refractivity contribution in [3.05, 3.63) is 130 Å². The van der Waals surface area contributed by atoms with Gasteiger partial charge < -0.3 is 10.2 Å². The van der Waals surface area contributed by atoms with E-state index in [1.165, 1.54) is 35.2 Å². The lowest BCUT2D eigenvalue weighted by molar-refractivity contribution is -0.140. The van der Waals surface area contributed by atoms with Crippen LogP contribution in [0.2, 0.25) is 0 Å². The molecule has 0 heterocycles. The van der Waals surface area contributed by atoms with E-state index >= 15 is 4.39 Å². The lowest BCUT2D eigenvalue weighted by Gasteiger charge is -2.34. The number of carbonyl (C=O) groups excluding carboxylic acids is 2. The van der Waals surface area contributed by atoms with Gasteiger partial charge in [0.05, 0.1) is 10.6 Å². The van der Waals surface area contributed by atoms with E-state index in [4.69, 9.17) is 0 Å². The number of benzene rings is 4. The van der Waals surface area contributed by atoms with Crippen molar-refractivity contribution in [2.24, 2.45) is 0 Å². The van der Waals surface area contributed by atoms with Crippen LogP contribution in [0.4, 0.5) is 10.1 Å². The van der Waals surface area contributed by atoms with Gasteiger partial charge in [-0.05, 0) is 68.3 Å². The molecule has 0 spiro atoms. The molecule has 1 atom stereocenters. The summed E-state index contributed by atoms with van der Waals surface area (Å²) in [6.45, 7) is 4.77. The SMILES string of the molecule is Cc1ccc(S(=O)(=O)N(CC(=O)N(Cc2ccc(Br)cc2)[C@@H](Cc2ccccc2)C(=O)NC(C)C)c2ccccc2F)cc1. The number of amides is 2. The van der Waals surface area contributed by atoms with E-state index < -0.39 is 34.3 Å². The Morgan fingerprint density at radius 2 is 1.45 bits per heavy atom. The summed E-state index contributed by atoms with van der Waals surface area (Å²) < 4.78 is 44.8. The lowest BCUT2D eigenvalue weighted by atomic mass is 10.0. The number of rotatable bonds is 12. The first-order valence-electron chi connectivity index (χ1n) is 14.2. The highest BCUT2D eigenvalue weighted by Crippen LogP contribution is 2.27. The molecule has 0 radical (unpaired) electrons. The smallest absolute Gasteiger partial charge is 0.264 e. The molecule has 0 saturated carbocycles. The first-order valence-corrected chi connectivity index (χ1v) is 16.4. The highest BCUT2D eigenvalue weighted by Gasteiger charge is 2.35. The third-order valence-electron chi connectivity index (χ3n) is 6.98. The molecule has 230 valence electrons. The number of para-hydroxylation sites is 1. The zero-order chi connectivity index (χ0) is 31.9. The van der Waals surface area contributed by atoms with E-state index in [-0.39, 0.29) is 35.5 Å². The minimum absolute atomic E-state index is 0.0187. The Bertz CT molecular complexity index is 1680. The number of hydrogen-bond donors (Lipinski definition) is 1. The van der Waals surface area contributed by atoms with Gasteiger partial charge >= 0.3 is 0 Å². The number of aryl methyl sites for hydroxylation is 1. The topological polar surface area (TPSA) is 86.8 Å². The third kappa shape index (κ3) is 8.33. The molecule has 7 nitrogen and oxygen atoms in total. The minimum atomic E-state index is -4.39. The number of anilines is 1. The summed E-state index contributed by atoms with van der Waals surface area (Å²) in [5, 5.41) is 2.92. The highest BCUT2D eigenvalue weighted by atomic mass is 79.9. The molecule has 0 aliphatic carbocycles. The van der Waals surface area contributed by atoms with Crippen LogP contribution in [-0.2, 0) is 32.6 Å². The van der Waals surface area contributed by atoms with Gasteiger partial charge in [-0.2, -0.15) is 0 Å². The third-order valence-corrected chi connectivity index (χ3v) is 9.28. The molecule has 0 saturated heterocycles. The summed E-state index contributed by atoms with van der Waals surface area (Å²) in [6, 6.07) is 26.9. The van der Waals surface area contributed by atoms with E-state index in [1.54, 1.807) is 12.1 Å². The van der Waals surface area contributed by atoms with Crippen molar-refractivity contribution < 1.29 is 22.4 Å². The van der Waals surface area contributed by atoms with Gasteiger partial charge in [-0.1, -0.05) is 88.2 Å². The number of nitrogens with zero attached hydrogens (tertiary/aromatic N) is 2. The predicted octanol–water partition coefficient (Wildman–Crippen LogP) is 6.26. The fourth-order valence-electron chi connectivity index (χ4n) is 4.73. The van der Waals surface area contributed by atoms with Gasteiger partial charge in [0, 0.05) is 23.5 Å². The minimum Gasteiger partial charge on any atom is -0.352 e. The number of nitrogens with one attached hydrogen (secondary N) is 1. The fraction of sp³-hybridized carbons (Fsp3) is 0.235. The van der Waals surface area contributed by atoms with Crippen molar-refractivity contribution in [2.45, 2.75) is 50.7 Å². The van der Waals surface area contributed by atoms with Gasteiger partial charge in [0.1, 0.15) is 18.4 Å². The number of carbonyl (C=O) groups is 2. The van der Waals surface area contributed by atoms with Gasteiger partial charge in [0.2, 0.25) is 11.8 Å². The van der Waals surface area contributed by atoms with E-state index in [0.717, 1.165) is 31.5 Å². The van der Waals surface area contributed by atoms with Crippen LogP contribution < -0.4 is 9.62 Å². The predicted molar refractivity (Wildman–Crippen MR) is 174 cm³/mol. The van der Waals surface area contributed by atoms with Crippen LogP contribution in [0.15, 0.2) is 112 Å². The molecule has 0 aromatic heterocycles. The summed E-state index contributed by atoms with van der Waals surface area (Å²) in [7, 11) is -4.39. The Balaban J connectivity index is 1.81. The second-order valence-corrected chi connectivity index (χ2v) is 13.6. The summed E-state index contributed by atoms with van der Waals surface area (Å²) in [6.07, 6.45) is 0.187. The first kappa shape index (κ1) is 32.9. The summed E-state index contributed by atoms with van der Waals surface area (Å²) in [4.78, 5) is 29.4. The second kappa shape index (κ2) is 14.6. The van der Waals surface area contributed by atoms with Crippen molar-refractivity contribution in [1.29, 1.82) is 0 Å². The Kier molecular flexibility index (Phi) is 10.9. The molecule has 0 aliphatic heterocycles. The maximum Gasteiger partial charge on any atom is 0.264 e. The maximum atomic E-state index is 15.2. The molecule has 4 aromatic carbocycles. The normalized spacial score (nSPS) is 12.0. The Morgan fingerprint density at radius 3 is 2.07 bits per heavy atom. The van der Waals surface area contributed by atoms with Crippen molar-refractivity contribution >= 4 is 43.5 Å². The standard InChI is InChI=1S/C34H35BrFN3O4S/c1-24(2)37-34(41)32(21-26-9-5-4-6-10-26)38(22-27-15-17-28(35)18-16-27)33(40)23-39(31-12-8-7-11-30(31)36)44(42,43)29-19-13-25(3)14-20-29/h4-20,24,32H,21-23H2,1-3H3,(H,37,41)/t32-/m0/s1. The van der Waals surface area contributed by atoms with Crippen LogP contribution in [0.5, 0.6) is 0 Å². The summed E-state index contributed by atoms with van der Waals surface area (Å²) >= 11 is 3.42. The number of halogens is 2. The quantitative estimate of drug-likeness (QED) is 0.192. The van der Waals surface area contributed by atoms with Crippen LogP contribution in [-0.4, -0.2) is 43.8 Å². The molecular weight excluding hydrogens is 645 g/mol. The first-order chi connectivity index (χ1) is 21.0. The summed E-state index contributed by atoms with van der Waals surface area (Å²) in [5.74, 6) is -1.84. The molecule has 0 fully saturated rings. The Hall–Kier alpha value is -4.02. The van der Waals surface area contributed by atoms with Crippen LogP contribution >= 0.6 is 15.9 Å². The summed E-state index contributed by atoms with van der Waals surface area (Å²) in [5.41, 5.74) is 2.13. The average Bonchev–Trinajstić information content (AvgIpc) is 2.99. The van der Waals surface area contributed by atoms with Crippen molar-refractivity contribution in [2.75, 3.05) is 10.8 Å². The highest BCUT2D eigenvalue weighted by molar-refractivity contribution is 9.10. The molecule has 1 N–H and O–H groups in total. The Labute approximate surface area is 266 Å². The number of hydrogen-bond acceptors (Lipinski definition) is 4. The Morgan fingerprint density at radius 1 is 0.841 bits per heavy atom. The maximum absolute atomic E-state index is 15.2. The molecule has 10 heteroatoms. The molecule has 44 heavy (non-hydrogen) atoms. The van der Waals surface area contributed by atoms with Gasteiger partial charge in [0.25, 0.3) is 10.0 Å². The molecule has 4 aromatic rings. The van der Waals surface area contributed by atoms with Gasteiger partial charge in [-0.3, -0.25) is 13.9 Å². The van der Waals surface area contributed by atoms with E-state index in [1.807, 2.05) is 75.4 Å². The molecule has 0 unspecified atom stereocenters. The molecule has 2 amide bonds. The van der Waals surface area contributed by atoms with Crippen molar-refractivity contribution in [1.82, 2.24) is 10.2 Å². The average molecular weight is 681 g/mol. The van der Waals surface area contributed by atoms with Crippen LogP contribution in [0.1, 0.15) is 30.5 Å². The lowest BCUT2D eigenvalue weighted by Crippen LogP contribution is -2.54. The van der Waals surface area contributed by atoms with Crippen molar-refractivity contribution in [3.8, 4) is 0 Å². The largest absolute Gasteiger partial charge is 0.352 e.